The van der Waals surface area contributed by atoms with Crippen molar-refractivity contribution in [1.29, 1.82) is 0 Å². The Morgan fingerprint density at radius 2 is 2.07 bits per heavy atom. The van der Waals surface area contributed by atoms with Crippen LogP contribution in [-0.4, -0.2) is 5.78 Å². The molecule has 0 spiro atoms. The number of ketones is 1. The third-order valence-electron chi connectivity index (χ3n) is 4.52. The molecule has 0 amide bonds. The minimum Gasteiger partial charge on any atom is -0.295 e. The molecule has 1 heteroatoms. The number of hydrogen-bond donors (Lipinski definition) is 0. The summed E-state index contributed by atoms with van der Waals surface area (Å²) < 4.78 is 0. The van der Waals surface area contributed by atoms with Crippen molar-refractivity contribution in [3.8, 4) is 0 Å². The molecule has 2 aliphatic rings. The number of rotatable bonds is 0. The first-order valence-electron chi connectivity index (χ1n) is 5.79. The first-order chi connectivity index (χ1) is 6.54. The standard InChI is InChI=1S/C13H20O/c1-9-4-5-10(2)13(3)7-6-11(14)8-12(9)13/h8-10H,4-7H2,1-3H3/t9?,10?,13-/m1/s1. The van der Waals surface area contributed by atoms with Crippen LogP contribution in [0.25, 0.3) is 0 Å². The predicted octanol–water partition coefficient (Wildman–Crippen LogP) is 3.35. The van der Waals surface area contributed by atoms with Gasteiger partial charge in [-0.3, -0.25) is 4.79 Å². The molecular weight excluding hydrogens is 172 g/mol. The minimum absolute atomic E-state index is 0.325. The van der Waals surface area contributed by atoms with E-state index in [0.29, 0.717) is 17.1 Å². The van der Waals surface area contributed by atoms with E-state index in [9.17, 15) is 4.79 Å². The number of allylic oxidation sites excluding steroid dienone is 2. The predicted molar refractivity (Wildman–Crippen MR) is 58.0 cm³/mol. The highest BCUT2D eigenvalue weighted by molar-refractivity contribution is 5.91. The molecule has 3 atom stereocenters. The van der Waals surface area contributed by atoms with Gasteiger partial charge in [-0.15, -0.1) is 0 Å². The zero-order valence-corrected chi connectivity index (χ0v) is 9.47. The number of fused-ring (bicyclic) bond motifs is 1. The van der Waals surface area contributed by atoms with Crippen molar-refractivity contribution in [3.05, 3.63) is 11.6 Å². The molecule has 0 heterocycles. The smallest absolute Gasteiger partial charge is 0.155 e. The van der Waals surface area contributed by atoms with Crippen LogP contribution in [0.1, 0.15) is 46.5 Å². The SMILES string of the molecule is CC1CCC(C)[C@@]2(C)CCC(=O)C=C12. The normalized spacial score (nSPS) is 43.1. The maximum Gasteiger partial charge on any atom is 0.155 e. The van der Waals surface area contributed by atoms with Crippen molar-refractivity contribution in [3.63, 3.8) is 0 Å². The summed E-state index contributed by atoms with van der Waals surface area (Å²) in [4.78, 5) is 11.4. The second-order valence-corrected chi connectivity index (χ2v) is 5.36. The summed E-state index contributed by atoms with van der Waals surface area (Å²) in [6.45, 7) is 6.97. The largest absolute Gasteiger partial charge is 0.295 e. The van der Waals surface area contributed by atoms with E-state index >= 15 is 0 Å². The number of carbonyl (C=O) groups is 1. The molecule has 1 nitrogen and oxygen atoms in total. The lowest BCUT2D eigenvalue weighted by Crippen LogP contribution is -2.38. The molecule has 0 saturated heterocycles. The fraction of sp³-hybridized carbons (Fsp3) is 0.769. The van der Waals surface area contributed by atoms with Crippen LogP contribution in [0, 0.1) is 17.3 Å². The Kier molecular flexibility index (Phi) is 2.29. The van der Waals surface area contributed by atoms with Gasteiger partial charge >= 0.3 is 0 Å². The van der Waals surface area contributed by atoms with Crippen LogP contribution in [0.3, 0.4) is 0 Å². The molecule has 0 radical (unpaired) electrons. The summed E-state index contributed by atoms with van der Waals surface area (Å²) in [7, 11) is 0. The van der Waals surface area contributed by atoms with Gasteiger partial charge in [-0.2, -0.15) is 0 Å². The molecule has 0 aromatic rings. The van der Waals surface area contributed by atoms with Gasteiger partial charge in [0.2, 0.25) is 0 Å². The molecule has 1 fully saturated rings. The highest BCUT2D eigenvalue weighted by Gasteiger charge is 2.42. The van der Waals surface area contributed by atoms with Crippen LogP contribution in [0.2, 0.25) is 0 Å². The van der Waals surface area contributed by atoms with E-state index in [1.165, 1.54) is 18.4 Å². The molecule has 2 rings (SSSR count). The maximum atomic E-state index is 11.4. The van der Waals surface area contributed by atoms with Crippen molar-refractivity contribution in [2.24, 2.45) is 17.3 Å². The van der Waals surface area contributed by atoms with E-state index in [1.807, 2.05) is 6.08 Å². The van der Waals surface area contributed by atoms with Gasteiger partial charge in [0.25, 0.3) is 0 Å². The van der Waals surface area contributed by atoms with Crippen molar-refractivity contribution in [2.75, 3.05) is 0 Å². The van der Waals surface area contributed by atoms with Gasteiger partial charge in [-0.05, 0) is 42.6 Å². The van der Waals surface area contributed by atoms with Crippen LogP contribution >= 0.6 is 0 Å². The van der Waals surface area contributed by atoms with Gasteiger partial charge in [-0.25, -0.2) is 0 Å². The zero-order chi connectivity index (χ0) is 10.3. The molecule has 0 aromatic heterocycles. The minimum atomic E-state index is 0.325. The molecule has 14 heavy (non-hydrogen) atoms. The Bertz CT molecular complexity index is 290. The van der Waals surface area contributed by atoms with Crippen LogP contribution in [-0.2, 0) is 4.79 Å². The van der Waals surface area contributed by atoms with Crippen molar-refractivity contribution < 1.29 is 4.79 Å². The Morgan fingerprint density at radius 1 is 1.36 bits per heavy atom. The molecule has 1 saturated carbocycles. The lowest BCUT2D eigenvalue weighted by atomic mass is 9.58. The fourth-order valence-corrected chi connectivity index (χ4v) is 3.15. The van der Waals surface area contributed by atoms with Gasteiger partial charge in [0.1, 0.15) is 0 Å². The average Bonchev–Trinajstić information content (AvgIpc) is 2.16. The number of carbonyl (C=O) groups excluding carboxylic acids is 1. The maximum absolute atomic E-state index is 11.4. The lowest BCUT2D eigenvalue weighted by Gasteiger charge is -2.47. The van der Waals surface area contributed by atoms with Crippen molar-refractivity contribution >= 4 is 5.78 Å². The monoisotopic (exact) mass is 192 g/mol. The topological polar surface area (TPSA) is 17.1 Å². The lowest BCUT2D eigenvalue weighted by molar-refractivity contribution is -0.116. The second kappa shape index (κ2) is 3.22. The molecule has 2 unspecified atom stereocenters. The van der Waals surface area contributed by atoms with E-state index in [2.05, 4.69) is 20.8 Å². The summed E-state index contributed by atoms with van der Waals surface area (Å²) in [6, 6.07) is 0. The first kappa shape index (κ1) is 9.95. The van der Waals surface area contributed by atoms with Gasteiger partial charge in [0.15, 0.2) is 5.78 Å². The van der Waals surface area contributed by atoms with Crippen LogP contribution < -0.4 is 0 Å². The Hall–Kier alpha value is -0.590. The van der Waals surface area contributed by atoms with Crippen molar-refractivity contribution in [2.45, 2.75) is 46.5 Å². The summed E-state index contributed by atoms with van der Waals surface area (Å²) in [5.74, 6) is 1.72. The summed E-state index contributed by atoms with van der Waals surface area (Å²) in [5.41, 5.74) is 1.76. The van der Waals surface area contributed by atoms with E-state index in [0.717, 1.165) is 18.8 Å². The Morgan fingerprint density at radius 3 is 2.79 bits per heavy atom. The summed E-state index contributed by atoms with van der Waals surface area (Å²) in [5, 5.41) is 0. The van der Waals surface area contributed by atoms with Gasteiger partial charge in [0.05, 0.1) is 0 Å². The molecule has 78 valence electrons. The fourth-order valence-electron chi connectivity index (χ4n) is 3.15. The van der Waals surface area contributed by atoms with Crippen LogP contribution in [0.4, 0.5) is 0 Å². The van der Waals surface area contributed by atoms with Gasteiger partial charge < -0.3 is 0 Å². The van der Waals surface area contributed by atoms with Gasteiger partial charge in [0, 0.05) is 6.42 Å². The highest BCUT2D eigenvalue weighted by atomic mass is 16.1. The quantitative estimate of drug-likeness (QED) is 0.575. The zero-order valence-electron chi connectivity index (χ0n) is 9.47. The first-order valence-corrected chi connectivity index (χ1v) is 5.79. The molecule has 0 N–H and O–H groups in total. The number of hydrogen-bond acceptors (Lipinski definition) is 1. The van der Waals surface area contributed by atoms with Crippen LogP contribution in [0.5, 0.6) is 0 Å². The third kappa shape index (κ3) is 1.34. The second-order valence-electron chi connectivity index (χ2n) is 5.36. The van der Waals surface area contributed by atoms with Crippen LogP contribution in [0.15, 0.2) is 11.6 Å². The summed E-state index contributed by atoms with van der Waals surface area (Å²) >= 11 is 0. The van der Waals surface area contributed by atoms with E-state index in [4.69, 9.17) is 0 Å². The van der Waals surface area contributed by atoms with E-state index in [1.54, 1.807) is 0 Å². The van der Waals surface area contributed by atoms with Gasteiger partial charge in [-0.1, -0.05) is 26.3 Å². The van der Waals surface area contributed by atoms with E-state index in [-0.39, 0.29) is 0 Å². The molecular formula is C13H20O. The third-order valence-corrected chi connectivity index (χ3v) is 4.52. The molecule has 0 aliphatic heterocycles. The highest BCUT2D eigenvalue weighted by Crippen LogP contribution is 2.52. The summed E-state index contributed by atoms with van der Waals surface area (Å²) in [6.07, 6.45) is 6.36. The molecule has 0 bridgehead atoms. The Balaban J connectivity index is 2.40. The van der Waals surface area contributed by atoms with E-state index < -0.39 is 0 Å². The molecule has 2 aliphatic carbocycles. The van der Waals surface area contributed by atoms with Crippen molar-refractivity contribution in [1.82, 2.24) is 0 Å². The Labute approximate surface area is 86.6 Å². The molecule has 0 aromatic carbocycles. The average molecular weight is 192 g/mol.